The number of primary amides is 1. The normalized spacial score (nSPS) is 13.9. The second-order valence-electron chi connectivity index (χ2n) is 7.56. The van der Waals surface area contributed by atoms with E-state index in [1.807, 2.05) is 44.2 Å². The van der Waals surface area contributed by atoms with Gasteiger partial charge in [0, 0.05) is 10.9 Å². The van der Waals surface area contributed by atoms with Gasteiger partial charge in [0.25, 0.3) is 0 Å². The van der Waals surface area contributed by atoms with Gasteiger partial charge in [-0.15, -0.1) is 0 Å². The lowest BCUT2D eigenvalue weighted by Crippen LogP contribution is -2.13. The molecular weight excluding hydrogens is 336 g/mol. The Bertz CT molecular complexity index is 1010. The minimum atomic E-state index is -0.311. The summed E-state index contributed by atoms with van der Waals surface area (Å²) in [4.78, 5) is 16.2. The predicted octanol–water partition coefficient (Wildman–Crippen LogP) is 4.59. The maximum atomic E-state index is 11.3. The number of hydrogen-bond acceptors (Lipinski definition) is 3. The molecule has 138 valence electrons. The minimum absolute atomic E-state index is 0.135. The number of hydrogen-bond donors (Lipinski definition) is 1. The van der Waals surface area contributed by atoms with E-state index < -0.39 is 0 Å². The summed E-state index contributed by atoms with van der Waals surface area (Å²) in [6.45, 7) is 4.05. The third-order valence-electron chi connectivity index (χ3n) is 4.80. The monoisotopic (exact) mass is 360 g/mol. The van der Waals surface area contributed by atoms with E-state index in [9.17, 15) is 4.79 Å². The Morgan fingerprint density at radius 2 is 2.00 bits per heavy atom. The van der Waals surface area contributed by atoms with Gasteiger partial charge in [0.2, 0.25) is 5.91 Å². The van der Waals surface area contributed by atoms with Crippen LogP contribution in [0.15, 0.2) is 48.5 Å². The molecule has 2 N–H and O–H groups in total. The van der Waals surface area contributed by atoms with E-state index in [0.29, 0.717) is 5.92 Å². The van der Waals surface area contributed by atoms with Crippen LogP contribution in [0.3, 0.4) is 0 Å². The third-order valence-corrected chi connectivity index (χ3v) is 4.80. The number of rotatable bonds is 6. The molecule has 0 spiro atoms. The highest BCUT2D eigenvalue weighted by Crippen LogP contribution is 2.44. The number of ether oxygens (including phenoxy) is 1. The Kier molecular flexibility index (Phi) is 4.56. The lowest BCUT2D eigenvalue weighted by atomic mass is 9.98. The van der Waals surface area contributed by atoms with Crippen molar-refractivity contribution in [2.45, 2.75) is 45.1 Å². The SMILES string of the molecule is CC(C)Oc1cccc(-c2cc(C3CC3)c3cc(CC(N)=O)ccc3n2)c1. The van der Waals surface area contributed by atoms with Crippen molar-refractivity contribution in [3.8, 4) is 17.0 Å². The van der Waals surface area contributed by atoms with Crippen LogP contribution >= 0.6 is 0 Å². The maximum absolute atomic E-state index is 11.3. The van der Waals surface area contributed by atoms with Crippen LogP contribution in [0, 0.1) is 0 Å². The van der Waals surface area contributed by atoms with Gasteiger partial charge in [-0.25, -0.2) is 4.98 Å². The third kappa shape index (κ3) is 3.95. The highest BCUT2D eigenvalue weighted by Gasteiger charge is 2.26. The van der Waals surface area contributed by atoms with Crippen molar-refractivity contribution in [1.82, 2.24) is 4.98 Å². The van der Waals surface area contributed by atoms with Gasteiger partial charge in [-0.3, -0.25) is 4.79 Å². The molecule has 1 heterocycles. The molecule has 1 amide bonds. The number of pyridine rings is 1. The molecule has 1 saturated carbocycles. The molecule has 0 bridgehead atoms. The van der Waals surface area contributed by atoms with Crippen molar-refractivity contribution in [1.29, 1.82) is 0 Å². The van der Waals surface area contributed by atoms with Crippen LogP contribution in [-0.2, 0) is 11.2 Å². The molecular formula is C23H24N2O2. The maximum Gasteiger partial charge on any atom is 0.221 e. The summed E-state index contributed by atoms with van der Waals surface area (Å²) in [5, 5.41) is 1.13. The van der Waals surface area contributed by atoms with E-state index in [2.05, 4.69) is 18.2 Å². The fraction of sp³-hybridized carbons (Fsp3) is 0.304. The van der Waals surface area contributed by atoms with Gasteiger partial charge in [-0.2, -0.15) is 0 Å². The van der Waals surface area contributed by atoms with Gasteiger partial charge in [0.15, 0.2) is 0 Å². The van der Waals surface area contributed by atoms with Crippen LogP contribution in [0.25, 0.3) is 22.2 Å². The van der Waals surface area contributed by atoms with Crippen molar-refractivity contribution in [2.24, 2.45) is 5.73 Å². The summed E-state index contributed by atoms with van der Waals surface area (Å²) in [6, 6.07) is 16.3. The average molecular weight is 360 g/mol. The van der Waals surface area contributed by atoms with E-state index >= 15 is 0 Å². The first kappa shape index (κ1) is 17.5. The molecule has 0 radical (unpaired) electrons. The topological polar surface area (TPSA) is 65.2 Å². The predicted molar refractivity (Wildman–Crippen MR) is 108 cm³/mol. The molecule has 2 aromatic carbocycles. The summed E-state index contributed by atoms with van der Waals surface area (Å²) in [6.07, 6.45) is 2.80. The molecule has 4 rings (SSSR count). The van der Waals surface area contributed by atoms with Crippen LogP contribution < -0.4 is 10.5 Å². The first-order chi connectivity index (χ1) is 13.0. The lowest BCUT2D eigenvalue weighted by Gasteiger charge is -2.13. The second kappa shape index (κ2) is 7.03. The number of aromatic nitrogens is 1. The first-order valence-electron chi connectivity index (χ1n) is 9.48. The quantitative estimate of drug-likeness (QED) is 0.699. The zero-order valence-corrected chi connectivity index (χ0v) is 15.7. The van der Waals surface area contributed by atoms with E-state index in [1.54, 1.807) is 0 Å². The van der Waals surface area contributed by atoms with Crippen LogP contribution in [0.1, 0.15) is 43.7 Å². The molecule has 1 fully saturated rings. The van der Waals surface area contributed by atoms with Crippen LogP contribution in [0.2, 0.25) is 0 Å². The van der Waals surface area contributed by atoms with Crippen molar-refractivity contribution in [3.63, 3.8) is 0 Å². The van der Waals surface area contributed by atoms with E-state index in [4.69, 9.17) is 15.5 Å². The molecule has 4 heteroatoms. The minimum Gasteiger partial charge on any atom is -0.491 e. The Morgan fingerprint density at radius 3 is 2.70 bits per heavy atom. The first-order valence-corrected chi connectivity index (χ1v) is 9.48. The Labute approximate surface area is 159 Å². The number of carbonyl (C=O) groups excluding carboxylic acids is 1. The summed E-state index contributed by atoms with van der Waals surface area (Å²) in [5.41, 5.74) is 10.6. The molecule has 4 nitrogen and oxygen atoms in total. The van der Waals surface area contributed by atoms with E-state index in [1.165, 1.54) is 18.4 Å². The van der Waals surface area contributed by atoms with E-state index in [0.717, 1.165) is 33.5 Å². The Balaban J connectivity index is 1.80. The van der Waals surface area contributed by atoms with Crippen molar-refractivity contribution in [3.05, 3.63) is 59.7 Å². The van der Waals surface area contributed by atoms with Crippen molar-refractivity contribution >= 4 is 16.8 Å². The zero-order chi connectivity index (χ0) is 19.0. The molecule has 0 atom stereocenters. The second-order valence-corrected chi connectivity index (χ2v) is 7.56. The summed E-state index contributed by atoms with van der Waals surface area (Å²) >= 11 is 0. The van der Waals surface area contributed by atoms with E-state index in [-0.39, 0.29) is 18.4 Å². The van der Waals surface area contributed by atoms with Crippen molar-refractivity contribution in [2.75, 3.05) is 0 Å². The number of carbonyl (C=O) groups is 1. The number of benzene rings is 2. The summed E-state index contributed by atoms with van der Waals surface area (Å²) < 4.78 is 5.84. The van der Waals surface area contributed by atoms with Gasteiger partial charge >= 0.3 is 0 Å². The van der Waals surface area contributed by atoms with Gasteiger partial charge in [-0.1, -0.05) is 18.2 Å². The lowest BCUT2D eigenvalue weighted by molar-refractivity contribution is -0.117. The van der Waals surface area contributed by atoms with Crippen LogP contribution in [0.5, 0.6) is 5.75 Å². The smallest absolute Gasteiger partial charge is 0.221 e. The largest absolute Gasteiger partial charge is 0.491 e. The highest BCUT2D eigenvalue weighted by molar-refractivity contribution is 5.88. The fourth-order valence-electron chi connectivity index (χ4n) is 3.49. The molecule has 0 unspecified atom stereocenters. The number of amides is 1. The summed E-state index contributed by atoms with van der Waals surface area (Å²) in [5.74, 6) is 1.12. The fourth-order valence-corrected chi connectivity index (χ4v) is 3.49. The summed E-state index contributed by atoms with van der Waals surface area (Å²) in [7, 11) is 0. The van der Waals surface area contributed by atoms with Crippen LogP contribution in [0.4, 0.5) is 0 Å². The van der Waals surface area contributed by atoms with Gasteiger partial charge in [-0.05, 0) is 74.1 Å². The zero-order valence-electron chi connectivity index (χ0n) is 15.7. The molecule has 27 heavy (non-hydrogen) atoms. The van der Waals surface area contributed by atoms with Gasteiger partial charge < -0.3 is 10.5 Å². The number of nitrogens with zero attached hydrogens (tertiary/aromatic N) is 1. The Hall–Kier alpha value is -2.88. The molecule has 1 aliphatic rings. The molecule has 0 aliphatic heterocycles. The van der Waals surface area contributed by atoms with Gasteiger partial charge in [0.05, 0.1) is 23.7 Å². The molecule has 1 aliphatic carbocycles. The van der Waals surface area contributed by atoms with Crippen molar-refractivity contribution < 1.29 is 9.53 Å². The number of nitrogens with two attached hydrogens (primary N) is 1. The average Bonchev–Trinajstić information content (AvgIpc) is 3.45. The molecule has 0 saturated heterocycles. The molecule has 3 aromatic rings. The highest BCUT2D eigenvalue weighted by atomic mass is 16.5. The van der Waals surface area contributed by atoms with Gasteiger partial charge in [0.1, 0.15) is 5.75 Å². The number of fused-ring (bicyclic) bond motifs is 1. The Morgan fingerprint density at radius 1 is 1.19 bits per heavy atom. The standard InChI is InChI=1S/C23H24N2O2/c1-14(2)27-18-5-3-4-17(12-18)22-13-19(16-7-8-16)20-10-15(11-23(24)26)6-9-21(20)25-22/h3-6,9-10,12-14,16H,7-8,11H2,1-2H3,(H2,24,26). The molecule has 1 aromatic heterocycles. The van der Waals surface area contributed by atoms with Crippen LogP contribution in [-0.4, -0.2) is 17.0 Å².